The van der Waals surface area contributed by atoms with Crippen molar-refractivity contribution >= 4 is 17.7 Å². The Balaban J connectivity index is 1.84. The summed E-state index contributed by atoms with van der Waals surface area (Å²) in [7, 11) is 0. The molecule has 1 heterocycles. The van der Waals surface area contributed by atoms with Crippen molar-refractivity contribution in [2.24, 2.45) is 0 Å². The highest BCUT2D eigenvalue weighted by molar-refractivity contribution is 8.00. The van der Waals surface area contributed by atoms with E-state index in [9.17, 15) is 4.79 Å². The first-order valence-electron chi connectivity index (χ1n) is 7.28. The minimum absolute atomic E-state index is 0.171. The first-order valence-corrected chi connectivity index (χ1v) is 8.26. The van der Waals surface area contributed by atoms with Crippen LogP contribution in [0.1, 0.15) is 31.2 Å². The van der Waals surface area contributed by atoms with Gasteiger partial charge in [-0.1, -0.05) is 0 Å². The predicted molar refractivity (Wildman–Crippen MR) is 82.9 cm³/mol. The number of aliphatic hydroxyl groups is 1. The highest BCUT2D eigenvalue weighted by atomic mass is 32.2. The number of rotatable bonds is 6. The van der Waals surface area contributed by atoms with Crippen molar-refractivity contribution in [3.63, 3.8) is 0 Å². The smallest absolute Gasteiger partial charge is 0.233 e. The van der Waals surface area contributed by atoms with E-state index in [0.29, 0.717) is 17.4 Å². The molecular weight excluding hydrogens is 284 g/mol. The van der Waals surface area contributed by atoms with Gasteiger partial charge in [0.25, 0.3) is 0 Å². The van der Waals surface area contributed by atoms with Crippen molar-refractivity contribution in [3.05, 3.63) is 29.8 Å². The Morgan fingerprint density at radius 1 is 1.43 bits per heavy atom. The van der Waals surface area contributed by atoms with Crippen LogP contribution < -0.4 is 0 Å². The summed E-state index contributed by atoms with van der Waals surface area (Å²) in [6.07, 6.45) is 3.76. The van der Waals surface area contributed by atoms with Crippen molar-refractivity contribution in [1.82, 2.24) is 4.90 Å². The van der Waals surface area contributed by atoms with Crippen molar-refractivity contribution < 1.29 is 9.90 Å². The van der Waals surface area contributed by atoms with Crippen LogP contribution in [0.3, 0.4) is 0 Å². The van der Waals surface area contributed by atoms with E-state index in [2.05, 4.69) is 6.07 Å². The second-order valence-corrected chi connectivity index (χ2v) is 6.22. The monoisotopic (exact) mass is 304 g/mol. The predicted octanol–water partition coefficient (Wildman–Crippen LogP) is 2.41. The third-order valence-corrected chi connectivity index (χ3v) is 4.74. The summed E-state index contributed by atoms with van der Waals surface area (Å²) in [5.41, 5.74) is 0.634. The fourth-order valence-corrected chi connectivity index (χ4v) is 3.43. The minimum atomic E-state index is 0.171. The number of nitriles is 1. The summed E-state index contributed by atoms with van der Waals surface area (Å²) in [5.74, 6) is 0.603. The van der Waals surface area contributed by atoms with Gasteiger partial charge < -0.3 is 10.0 Å². The summed E-state index contributed by atoms with van der Waals surface area (Å²) >= 11 is 1.51. The second kappa shape index (κ2) is 8.06. The normalized spacial score (nSPS) is 17.7. The zero-order valence-electron chi connectivity index (χ0n) is 12.0. The largest absolute Gasteiger partial charge is 0.396 e. The summed E-state index contributed by atoms with van der Waals surface area (Å²) in [6, 6.07) is 9.68. The van der Waals surface area contributed by atoms with Gasteiger partial charge in [0, 0.05) is 24.1 Å². The van der Waals surface area contributed by atoms with Crippen LogP contribution in [-0.2, 0) is 4.79 Å². The first kappa shape index (κ1) is 15.9. The SMILES string of the molecule is N#Cc1ccc(SCC(=O)N2CCCC2CCCO)cc1. The van der Waals surface area contributed by atoms with Gasteiger partial charge in [0.1, 0.15) is 0 Å². The minimum Gasteiger partial charge on any atom is -0.396 e. The van der Waals surface area contributed by atoms with Gasteiger partial charge >= 0.3 is 0 Å². The molecule has 1 unspecified atom stereocenters. The summed E-state index contributed by atoms with van der Waals surface area (Å²) in [5, 5.41) is 17.7. The van der Waals surface area contributed by atoms with Crippen molar-refractivity contribution in [2.75, 3.05) is 18.9 Å². The third kappa shape index (κ3) is 4.48. The third-order valence-electron chi connectivity index (χ3n) is 3.74. The van der Waals surface area contributed by atoms with Crippen molar-refractivity contribution in [1.29, 1.82) is 5.26 Å². The second-order valence-electron chi connectivity index (χ2n) is 5.17. The molecule has 1 N–H and O–H groups in total. The molecule has 1 fully saturated rings. The number of benzene rings is 1. The molecule has 0 radical (unpaired) electrons. The molecule has 1 aromatic rings. The van der Waals surface area contributed by atoms with E-state index >= 15 is 0 Å². The Hall–Kier alpha value is -1.51. The number of aliphatic hydroxyl groups excluding tert-OH is 1. The molecule has 0 bridgehead atoms. The van der Waals surface area contributed by atoms with Gasteiger partial charge in [0.05, 0.1) is 17.4 Å². The molecule has 0 spiro atoms. The van der Waals surface area contributed by atoms with E-state index in [1.807, 2.05) is 17.0 Å². The molecule has 1 aromatic carbocycles. The maximum absolute atomic E-state index is 12.3. The van der Waals surface area contributed by atoms with Gasteiger partial charge in [-0.2, -0.15) is 5.26 Å². The molecule has 0 aromatic heterocycles. The number of amides is 1. The van der Waals surface area contributed by atoms with Crippen LogP contribution in [0.4, 0.5) is 0 Å². The van der Waals surface area contributed by atoms with Crippen LogP contribution in [0.5, 0.6) is 0 Å². The van der Waals surface area contributed by atoms with Crippen LogP contribution in [0.25, 0.3) is 0 Å². The highest BCUT2D eigenvalue weighted by Gasteiger charge is 2.27. The van der Waals surface area contributed by atoms with Gasteiger partial charge in [-0.05, 0) is 49.9 Å². The van der Waals surface area contributed by atoms with Crippen LogP contribution in [-0.4, -0.2) is 40.9 Å². The fraction of sp³-hybridized carbons (Fsp3) is 0.500. The Kier molecular flexibility index (Phi) is 6.09. The van der Waals surface area contributed by atoms with Gasteiger partial charge in [-0.15, -0.1) is 11.8 Å². The average molecular weight is 304 g/mol. The molecule has 2 rings (SSSR count). The average Bonchev–Trinajstić information content (AvgIpc) is 2.99. The van der Waals surface area contributed by atoms with E-state index in [0.717, 1.165) is 37.1 Å². The number of hydrogen-bond donors (Lipinski definition) is 1. The lowest BCUT2D eigenvalue weighted by atomic mass is 10.1. The van der Waals surface area contributed by atoms with E-state index in [1.54, 1.807) is 12.1 Å². The number of likely N-dealkylation sites (tertiary alicyclic amines) is 1. The topological polar surface area (TPSA) is 64.3 Å². The zero-order chi connectivity index (χ0) is 15.1. The van der Waals surface area contributed by atoms with E-state index in [1.165, 1.54) is 11.8 Å². The Morgan fingerprint density at radius 3 is 2.86 bits per heavy atom. The molecule has 5 heteroatoms. The summed E-state index contributed by atoms with van der Waals surface area (Å²) in [6.45, 7) is 1.03. The number of nitrogens with zero attached hydrogens (tertiary/aromatic N) is 2. The molecule has 0 saturated carbocycles. The Bertz CT molecular complexity index is 510. The summed E-state index contributed by atoms with van der Waals surface area (Å²) in [4.78, 5) is 15.3. The number of carbonyl (C=O) groups is 1. The fourth-order valence-electron chi connectivity index (χ4n) is 2.64. The summed E-state index contributed by atoms with van der Waals surface area (Å²) < 4.78 is 0. The molecular formula is C16H20N2O2S. The molecule has 0 aliphatic carbocycles. The van der Waals surface area contributed by atoms with Crippen LogP contribution in [0.15, 0.2) is 29.2 Å². The molecule has 1 saturated heterocycles. The number of thioether (sulfide) groups is 1. The maximum atomic E-state index is 12.3. The van der Waals surface area contributed by atoms with Crippen LogP contribution in [0.2, 0.25) is 0 Å². The Morgan fingerprint density at radius 2 is 2.19 bits per heavy atom. The molecule has 21 heavy (non-hydrogen) atoms. The molecule has 1 atom stereocenters. The molecule has 1 aliphatic heterocycles. The van der Waals surface area contributed by atoms with Gasteiger partial charge in [-0.3, -0.25) is 4.79 Å². The van der Waals surface area contributed by atoms with E-state index in [4.69, 9.17) is 10.4 Å². The lowest BCUT2D eigenvalue weighted by molar-refractivity contribution is -0.129. The van der Waals surface area contributed by atoms with Crippen molar-refractivity contribution in [3.8, 4) is 6.07 Å². The number of hydrogen-bond acceptors (Lipinski definition) is 4. The maximum Gasteiger partial charge on any atom is 0.233 e. The van der Waals surface area contributed by atoms with Gasteiger partial charge in [-0.25, -0.2) is 0 Å². The molecule has 1 amide bonds. The molecule has 112 valence electrons. The van der Waals surface area contributed by atoms with Crippen LogP contribution >= 0.6 is 11.8 Å². The first-order chi connectivity index (χ1) is 10.2. The van der Waals surface area contributed by atoms with Gasteiger partial charge in [0.15, 0.2) is 0 Å². The molecule has 4 nitrogen and oxygen atoms in total. The zero-order valence-corrected chi connectivity index (χ0v) is 12.8. The van der Waals surface area contributed by atoms with Gasteiger partial charge in [0.2, 0.25) is 5.91 Å². The lowest BCUT2D eigenvalue weighted by Crippen LogP contribution is -2.36. The quantitative estimate of drug-likeness (QED) is 0.820. The lowest BCUT2D eigenvalue weighted by Gasteiger charge is -2.24. The van der Waals surface area contributed by atoms with Crippen molar-refractivity contribution in [2.45, 2.75) is 36.6 Å². The number of carbonyl (C=O) groups excluding carboxylic acids is 1. The highest BCUT2D eigenvalue weighted by Crippen LogP contribution is 2.24. The molecule has 1 aliphatic rings. The van der Waals surface area contributed by atoms with E-state index in [-0.39, 0.29) is 12.5 Å². The Labute approximate surface area is 129 Å². The van der Waals surface area contributed by atoms with Crippen LogP contribution in [0, 0.1) is 11.3 Å². The standard InChI is InChI=1S/C16H20N2O2S/c17-11-13-5-7-15(8-6-13)21-12-16(20)18-9-1-3-14(18)4-2-10-19/h5-8,14,19H,1-4,9-10,12H2. The van der Waals surface area contributed by atoms with E-state index < -0.39 is 0 Å².